The van der Waals surface area contributed by atoms with E-state index < -0.39 is 5.60 Å². The molecule has 2 rings (SSSR count). The van der Waals surface area contributed by atoms with Gasteiger partial charge in [-0.2, -0.15) is 0 Å². The first-order chi connectivity index (χ1) is 9.13. The maximum atomic E-state index is 11.9. The van der Waals surface area contributed by atoms with E-state index in [0.29, 0.717) is 32.7 Å². The maximum absolute atomic E-state index is 11.9. The van der Waals surface area contributed by atoms with Gasteiger partial charge in [0.05, 0.1) is 19.3 Å². The largest absolute Gasteiger partial charge is 0.386 e. The average Bonchev–Trinajstić information content (AvgIpc) is 3.00. The molecule has 1 aliphatic heterocycles. The topological polar surface area (TPSA) is 80.5 Å². The number of amides is 1. The number of rotatable bonds is 6. The van der Waals surface area contributed by atoms with Crippen molar-refractivity contribution in [2.24, 2.45) is 0 Å². The summed E-state index contributed by atoms with van der Waals surface area (Å²) >= 11 is 0. The molecule has 1 aromatic rings. The molecule has 0 radical (unpaired) electrons. The number of hydrogen-bond acceptors (Lipinski definition) is 5. The smallest absolute Gasteiger partial charge is 0.248 e. The summed E-state index contributed by atoms with van der Waals surface area (Å²) in [7, 11) is 0. The van der Waals surface area contributed by atoms with Crippen molar-refractivity contribution in [3.05, 3.63) is 12.4 Å². The molecule has 1 N–H and O–H groups in total. The van der Waals surface area contributed by atoms with Crippen LogP contribution in [-0.4, -0.2) is 62.8 Å². The molecule has 0 bridgehead atoms. The summed E-state index contributed by atoms with van der Waals surface area (Å²) in [5.41, 5.74) is -0.923. The van der Waals surface area contributed by atoms with Crippen molar-refractivity contribution in [1.82, 2.24) is 19.9 Å². The van der Waals surface area contributed by atoms with Crippen LogP contribution in [0.3, 0.4) is 0 Å². The molecule has 1 aromatic heterocycles. The fourth-order valence-corrected chi connectivity index (χ4v) is 2.21. The zero-order valence-corrected chi connectivity index (χ0v) is 11.2. The van der Waals surface area contributed by atoms with Gasteiger partial charge in [-0.3, -0.25) is 4.79 Å². The highest BCUT2D eigenvalue weighted by Crippen LogP contribution is 2.22. The second-order valence-corrected chi connectivity index (χ2v) is 4.94. The Kier molecular flexibility index (Phi) is 4.49. The first-order valence-electron chi connectivity index (χ1n) is 6.55. The van der Waals surface area contributed by atoms with Crippen molar-refractivity contribution in [2.45, 2.75) is 31.9 Å². The summed E-state index contributed by atoms with van der Waals surface area (Å²) in [6, 6.07) is 0. The number of aliphatic hydroxyl groups is 1. The molecule has 1 saturated heterocycles. The number of carbonyl (C=O) groups is 1. The van der Waals surface area contributed by atoms with Gasteiger partial charge in [-0.25, -0.2) is 4.68 Å². The molecule has 106 valence electrons. The summed E-state index contributed by atoms with van der Waals surface area (Å²) in [5.74, 6) is -0.0667. The minimum atomic E-state index is -0.923. The molecule has 1 atom stereocenters. The summed E-state index contributed by atoms with van der Waals surface area (Å²) in [4.78, 5) is 13.5. The Labute approximate surface area is 112 Å². The fourth-order valence-electron chi connectivity index (χ4n) is 2.21. The second kappa shape index (κ2) is 6.12. The van der Waals surface area contributed by atoms with Crippen molar-refractivity contribution in [3.63, 3.8) is 0 Å². The number of nitrogens with zero attached hydrogens (tertiary/aromatic N) is 4. The SMILES string of the molecule is CCCOCC(=O)N1CCC(O)(Cn2ccnn2)C1. The summed E-state index contributed by atoms with van der Waals surface area (Å²) in [5, 5.41) is 18.0. The molecule has 19 heavy (non-hydrogen) atoms. The molecule has 1 fully saturated rings. The normalized spacial score (nSPS) is 22.9. The minimum absolute atomic E-state index is 0.0667. The highest BCUT2D eigenvalue weighted by molar-refractivity contribution is 5.77. The molecule has 1 amide bonds. The number of carbonyl (C=O) groups excluding carboxylic acids is 1. The summed E-state index contributed by atoms with van der Waals surface area (Å²) in [6.07, 6.45) is 4.71. The van der Waals surface area contributed by atoms with E-state index in [1.807, 2.05) is 6.92 Å². The van der Waals surface area contributed by atoms with Gasteiger partial charge < -0.3 is 14.7 Å². The number of hydrogen-bond donors (Lipinski definition) is 1. The molecule has 7 heteroatoms. The van der Waals surface area contributed by atoms with Crippen LogP contribution in [-0.2, 0) is 16.1 Å². The molecule has 2 heterocycles. The lowest BCUT2D eigenvalue weighted by Crippen LogP contribution is -2.40. The van der Waals surface area contributed by atoms with Crippen LogP contribution >= 0.6 is 0 Å². The van der Waals surface area contributed by atoms with Gasteiger partial charge in [0.15, 0.2) is 0 Å². The van der Waals surface area contributed by atoms with E-state index in [0.717, 1.165) is 6.42 Å². The van der Waals surface area contributed by atoms with Gasteiger partial charge in [0.2, 0.25) is 5.91 Å². The third kappa shape index (κ3) is 3.74. The first-order valence-corrected chi connectivity index (χ1v) is 6.55. The van der Waals surface area contributed by atoms with Crippen LogP contribution in [0, 0.1) is 0 Å². The maximum Gasteiger partial charge on any atom is 0.248 e. The molecule has 0 aromatic carbocycles. The number of ether oxygens (including phenoxy) is 1. The van der Waals surface area contributed by atoms with Crippen LogP contribution in [0.25, 0.3) is 0 Å². The Hall–Kier alpha value is -1.47. The predicted molar refractivity (Wildman–Crippen MR) is 67.3 cm³/mol. The van der Waals surface area contributed by atoms with E-state index in [1.165, 1.54) is 0 Å². The Morgan fingerprint density at radius 1 is 1.58 bits per heavy atom. The lowest BCUT2D eigenvalue weighted by Gasteiger charge is -2.23. The monoisotopic (exact) mass is 268 g/mol. The van der Waals surface area contributed by atoms with Crippen LogP contribution in [0.5, 0.6) is 0 Å². The van der Waals surface area contributed by atoms with Crippen LogP contribution < -0.4 is 0 Å². The van der Waals surface area contributed by atoms with Crippen molar-refractivity contribution in [2.75, 3.05) is 26.3 Å². The Bertz CT molecular complexity index is 409. The van der Waals surface area contributed by atoms with E-state index in [2.05, 4.69) is 10.3 Å². The quantitative estimate of drug-likeness (QED) is 0.714. The van der Waals surface area contributed by atoms with Gasteiger partial charge in [0.1, 0.15) is 12.2 Å². The lowest BCUT2D eigenvalue weighted by atomic mass is 10.0. The standard InChI is InChI=1S/C12H20N4O3/c1-2-7-19-8-11(17)15-5-3-12(18,9-15)10-16-6-4-13-14-16/h4,6,18H,2-3,5,7-10H2,1H3. The van der Waals surface area contributed by atoms with Gasteiger partial charge in [0.25, 0.3) is 0 Å². The van der Waals surface area contributed by atoms with E-state index in [9.17, 15) is 9.90 Å². The Morgan fingerprint density at radius 3 is 3.11 bits per heavy atom. The molecule has 0 saturated carbocycles. The third-order valence-electron chi connectivity index (χ3n) is 3.19. The van der Waals surface area contributed by atoms with Crippen molar-refractivity contribution in [3.8, 4) is 0 Å². The highest BCUT2D eigenvalue weighted by atomic mass is 16.5. The zero-order valence-electron chi connectivity index (χ0n) is 11.2. The molecule has 1 aliphatic rings. The third-order valence-corrected chi connectivity index (χ3v) is 3.19. The predicted octanol–water partition coefficient (Wildman–Crippen LogP) is -0.332. The van der Waals surface area contributed by atoms with E-state index in [1.54, 1.807) is 22.0 Å². The van der Waals surface area contributed by atoms with Gasteiger partial charge in [-0.05, 0) is 12.8 Å². The van der Waals surface area contributed by atoms with Crippen molar-refractivity contribution >= 4 is 5.91 Å². The molecule has 1 unspecified atom stereocenters. The van der Waals surface area contributed by atoms with E-state index in [4.69, 9.17) is 4.74 Å². The fraction of sp³-hybridized carbons (Fsp3) is 0.750. The Morgan fingerprint density at radius 2 is 2.42 bits per heavy atom. The first kappa shape index (κ1) is 14.0. The number of likely N-dealkylation sites (tertiary alicyclic amines) is 1. The lowest BCUT2D eigenvalue weighted by molar-refractivity contribution is -0.136. The number of aromatic nitrogens is 3. The van der Waals surface area contributed by atoms with Crippen LogP contribution in [0.4, 0.5) is 0 Å². The van der Waals surface area contributed by atoms with Crippen LogP contribution in [0.2, 0.25) is 0 Å². The highest BCUT2D eigenvalue weighted by Gasteiger charge is 2.38. The molecule has 7 nitrogen and oxygen atoms in total. The molecular formula is C12H20N4O3. The van der Waals surface area contributed by atoms with Crippen LogP contribution in [0.1, 0.15) is 19.8 Å². The van der Waals surface area contributed by atoms with Crippen LogP contribution in [0.15, 0.2) is 12.4 Å². The van der Waals surface area contributed by atoms with Gasteiger partial charge in [-0.1, -0.05) is 12.1 Å². The minimum Gasteiger partial charge on any atom is -0.386 e. The van der Waals surface area contributed by atoms with Crippen molar-refractivity contribution < 1.29 is 14.6 Å². The second-order valence-electron chi connectivity index (χ2n) is 4.94. The average molecular weight is 268 g/mol. The molecule has 0 aliphatic carbocycles. The summed E-state index contributed by atoms with van der Waals surface area (Å²) in [6.45, 7) is 3.90. The molecular weight excluding hydrogens is 248 g/mol. The Balaban J connectivity index is 1.83. The van der Waals surface area contributed by atoms with Crippen molar-refractivity contribution in [1.29, 1.82) is 0 Å². The zero-order chi connectivity index (χ0) is 13.7. The molecule has 0 spiro atoms. The van der Waals surface area contributed by atoms with Gasteiger partial charge >= 0.3 is 0 Å². The number of β-amino-alcohol motifs (C(OH)–C–C–N with tert-alkyl or cyclic N) is 1. The van der Waals surface area contributed by atoms with Gasteiger partial charge in [0, 0.05) is 19.3 Å². The van der Waals surface area contributed by atoms with Gasteiger partial charge in [-0.15, -0.1) is 5.10 Å². The van der Waals surface area contributed by atoms with E-state index in [-0.39, 0.29) is 12.5 Å². The van der Waals surface area contributed by atoms with E-state index >= 15 is 0 Å². The summed E-state index contributed by atoms with van der Waals surface area (Å²) < 4.78 is 6.82.